The van der Waals surface area contributed by atoms with Gasteiger partial charge in [0, 0.05) is 6.04 Å². The van der Waals surface area contributed by atoms with Crippen molar-refractivity contribution in [3.8, 4) is 0 Å². The molecule has 1 aromatic heterocycles. The standard InChI is InChI=1S/C13H23NO/c1-4-11(3)9-12(5-2)14-10-13-7-6-8-15-13/h6-8,11-12,14H,4-5,9-10H2,1-3H3/t11-,12+/m1/s1. The van der Waals surface area contributed by atoms with Crippen molar-refractivity contribution in [2.45, 2.75) is 52.6 Å². The predicted molar refractivity (Wildman–Crippen MR) is 63.7 cm³/mol. The largest absolute Gasteiger partial charge is 0.468 e. The Labute approximate surface area is 93.1 Å². The SMILES string of the molecule is CC[C@@H](C)C[C@H](CC)NCc1ccco1. The topological polar surface area (TPSA) is 25.2 Å². The van der Waals surface area contributed by atoms with Crippen LogP contribution in [-0.2, 0) is 6.54 Å². The summed E-state index contributed by atoms with van der Waals surface area (Å²) in [6, 6.07) is 4.57. The van der Waals surface area contributed by atoms with Gasteiger partial charge in [0.05, 0.1) is 12.8 Å². The second-order valence-electron chi connectivity index (χ2n) is 4.31. The predicted octanol–water partition coefficient (Wildman–Crippen LogP) is 3.58. The van der Waals surface area contributed by atoms with Gasteiger partial charge in [-0.05, 0) is 30.9 Å². The highest BCUT2D eigenvalue weighted by molar-refractivity contribution is 4.97. The molecule has 15 heavy (non-hydrogen) atoms. The second-order valence-corrected chi connectivity index (χ2v) is 4.31. The summed E-state index contributed by atoms with van der Waals surface area (Å²) in [5.74, 6) is 1.83. The first-order valence-electron chi connectivity index (χ1n) is 6.02. The van der Waals surface area contributed by atoms with E-state index in [2.05, 4.69) is 26.1 Å². The van der Waals surface area contributed by atoms with E-state index in [0.29, 0.717) is 6.04 Å². The maximum Gasteiger partial charge on any atom is 0.117 e. The van der Waals surface area contributed by atoms with E-state index in [1.165, 1.54) is 19.3 Å². The monoisotopic (exact) mass is 209 g/mol. The van der Waals surface area contributed by atoms with Gasteiger partial charge in [0.25, 0.3) is 0 Å². The number of furan rings is 1. The van der Waals surface area contributed by atoms with Gasteiger partial charge in [0.15, 0.2) is 0 Å². The van der Waals surface area contributed by atoms with Crippen LogP contribution in [0.15, 0.2) is 22.8 Å². The Morgan fingerprint density at radius 2 is 2.13 bits per heavy atom. The minimum Gasteiger partial charge on any atom is -0.468 e. The normalized spacial score (nSPS) is 15.1. The van der Waals surface area contributed by atoms with Crippen LogP contribution in [0.25, 0.3) is 0 Å². The third-order valence-corrected chi connectivity index (χ3v) is 3.02. The molecule has 0 aliphatic heterocycles. The summed E-state index contributed by atoms with van der Waals surface area (Å²) in [5.41, 5.74) is 0. The average molecular weight is 209 g/mol. The van der Waals surface area contributed by atoms with E-state index in [1.54, 1.807) is 6.26 Å². The first-order valence-corrected chi connectivity index (χ1v) is 6.02. The van der Waals surface area contributed by atoms with Crippen molar-refractivity contribution in [2.24, 2.45) is 5.92 Å². The summed E-state index contributed by atoms with van der Waals surface area (Å²) in [6.45, 7) is 7.66. The van der Waals surface area contributed by atoms with Crippen molar-refractivity contribution in [2.75, 3.05) is 0 Å². The molecule has 0 aliphatic rings. The highest BCUT2D eigenvalue weighted by atomic mass is 16.3. The lowest BCUT2D eigenvalue weighted by atomic mass is 9.98. The first-order chi connectivity index (χ1) is 7.26. The van der Waals surface area contributed by atoms with E-state index in [1.807, 2.05) is 12.1 Å². The van der Waals surface area contributed by atoms with Gasteiger partial charge in [-0.1, -0.05) is 27.2 Å². The van der Waals surface area contributed by atoms with E-state index < -0.39 is 0 Å². The van der Waals surface area contributed by atoms with Gasteiger partial charge in [-0.3, -0.25) is 0 Å². The molecular weight excluding hydrogens is 186 g/mol. The van der Waals surface area contributed by atoms with Gasteiger partial charge in [-0.15, -0.1) is 0 Å². The highest BCUT2D eigenvalue weighted by Crippen LogP contribution is 2.12. The summed E-state index contributed by atoms with van der Waals surface area (Å²) in [6.07, 6.45) is 5.43. The van der Waals surface area contributed by atoms with Gasteiger partial charge in [-0.2, -0.15) is 0 Å². The lowest BCUT2D eigenvalue weighted by Crippen LogP contribution is -2.29. The summed E-state index contributed by atoms with van der Waals surface area (Å²) >= 11 is 0. The summed E-state index contributed by atoms with van der Waals surface area (Å²) in [7, 11) is 0. The molecule has 0 saturated heterocycles. The molecule has 0 radical (unpaired) electrons. The molecule has 0 aromatic carbocycles. The van der Waals surface area contributed by atoms with E-state index in [4.69, 9.17) is 4.42 Å². The highest BCUT2D eigenvalue weighted by Gasteiger charge is 2.10. The second kappa shape index (κ2) is 6.67. The minimum atomic E-state index is 0.616. The number of hydrogen-bond donors (Lipinski definition) is 1. The van der Waals surface area contributed by atoms with Gasteiger partial charge in [0.2, 0.25) is 0 Å². The molecule has 0 amide bonds. The molecule has 2 nitrogen and oxygen atoms in total. The van der Waals surface area contributed by atoms with Crippen molar-refractivity contribution >= 4 is 0 Å². The zero-order valence-electron chi connectivity index (χ0n) is 10.1. The van der Waals surface area contributed by atoms with Gasteiger partial charge in [0.1, 0.15) is 5.76 Å². The Balaban J connectivity index is 2.27. The van der Waals surface area contributed by atoms with Gasteiger partial charge >= 0.3 is 0 Å². The summed E-state index contributed by atoms with van der Waals surface area (Å²) in [5, 5.41) is 3.54. The zero-order chi connectivity index (χ0) is 11.1. The van der Waals surface area contributed by atoms with Crippen molar-refractivity contribution in [3.63, 3.8) is 0 Å². The first kappa shape index (κ1) is 12.3. The van der Waals surface area contributed by atoms with Crippen molar-refractivity contribution in [1.82, 2.24) is 5.32 Å². The lowest BCUT2D eigenvalue weighted by molar-refractivity contribution is 0.367. The van der Waals surface area contributed by atoms with E-state index >= 15 is 0 Å². The quantitative estimate of drug-likeness (QED) is 0.742. The Kier molecular flexibility index (Phi) is 5.48. The molecule has 1 rings (SSSR count). The molecule has 1 heterocycles. The van der Waals surface area contributed by atoms with Crippen molar-refractivity contribution in [3.05, 3.63) is 24.2 Å². The van der Waals surface area contributed by atoms with Crippen LogP contribution in [0.2, 0.25) is 0 Å². The maximum absolute atomic E-state index is 5.30. The third-order valence-electron chi connectivity index (χ3n) is 3.02. The fraction of sp³-hybridized carbons (Fsp3) is 0.692. The fourth-order valence-corrected chi connectivity index (χ4v) is 1.70. The smallest absolute Gasteiger partial charge is 0.117 e. The molecule has 1 aromatic rings. The van der Waals surface area contributed by atoms with Crippen LogP contribution in [0.4, 0.5) is 0 Å². The lowest BCUT2D eigenvalue weighted by Gasteiger charge is -2.19. The molecule has 1 N–H and O–H groups in total. The van der Waals surface area contributed by atoms with Gasteiger partial charge in [-0.25, -0.2) is 0 Å². The Bertz CT molecular complexity index is 243. The van der Waals surface area contributed by atoms with Crippen LogP contribution in [-0.4, -0.2) is 6.04 Å². The molecule has 0 spiro atoms. The van der Waals surface area contributed by atoms with E-state index in [0.717, 1.165) is 18.2 Å². The van der Waals surface area contributed by atoms with E-state index in [9.17, 15) is 0 Å². The van der Waals surface area contributed by atoms with Crippen LogP contribution in [0.3, 0.4) is 0 Å². The minimum absolute atomic E-state index is 0.616. The molecule has 0 fully saturated rings. The zero-order valence-corrected chi connectivity index (χ0v) is 10.1. The molecule has 0 aliphatic carbocycles. The Morgan fingerprint density at radius 3 is 2.67 bits per heavy atom. The molecule has 0 saturated carbocycles. The van der Waals surface area contributed by atoms with Crippen LogP contribution >= 0.6 is 0 Å². The van der Waals surface area contributed by atoms with Crippen molar-refractivity contribution in [1.29, 1.82) is 0 Å². The van der Waals surface area contributed by atoms with Crippen LogP contribution in [0.5, 0.6) is 0 Å². The molecule has 0 bridgehead atoms. The Hall–Kier alpha value is -0.760. The summed E-state index contributed by atoms with van der Waals surface area (Å²) < 4.78 is 5.30. The van der Waals surface area contributed by atoms with Crippen molar-refractivity contribution < 1.29 is 4.42 Å². The number of hydrogen-bond acceptors (Lipinski definition) is 2. The molecule has 2 heteroatoms. The Morgan fingerprint density at radius 1 is 1.33 bits per heavy atom. The van der Waals surface area contributed by atoms with E-state index in [-0.39, 0.29) is 0 Å². The van der Waals surface area contributed by atoms with Crippen LogP contribution < -0.4 is 5.32 Å². The number of rotatable bonds is 7. The molecule has 86 valence electrons. The number of nitrogens with one attached hydrogen (secondary N) is 1. The third kappa shape index (κ3) is 4.52. The summed E-state index contributed by atoms with van der Waals surface area (Å²) in [4.78, 5) is 0. The fourth-order valence-electron chi connectivity index (χ4n) is 1.70. The molecule has 2 atom stereocenters. The maximum atomic E-state index is 5.30. The molecular formula is C13H23NO. The van der Waals surface area contributed by atoms with Crippen LogP contribution in [0, 0.1) is 5.92 Å². The van der Waals surface area contributed by atoms with Crippen LogP contribution in [0.1, 0.15) is 45.8 Å². The van der Waals surface area contributed by atoms with Gasteiger partial charge < -0.3 is 9.73 Å². The average Bonchev–Trinajstić information content (AvgIpc) is 2.76. The molecule has 0 unspecified atom stereocenters.